The molecule has 1 saturated heterocycles. The van der Waals surface area contributed by atoms with E-state index in [2.05, 4.69) is 15.1 Å². The molecule has 2 aromatic heterocycles. The summed E-state index contributed by atoms with van der Waals surface area (Å²) in [5.74, 6) is 1.04. The normalized spacial score (nSPS) is 15.6. The number of pyridine rings is 1. The van der Waals surface area contributed by atoms with Crippen LogP contribution in [0, 0.1) is 0 Å². The molecule has 5 nitrogen and oxygen atoms in total. The van der Waals surface area contributed by atoms with Crippen molar-refractivity contribution < 1.29 is 4.74 Å². The molecule has 0 aliphatic carbocycles. The third-order valence-electron chi connectivity index (χ3n) is 3.02. The number of hydrogen-bond acceptors (Lipinski definition) is 5. The van der Waals surface area contributed by atoms with Gasteiger partial charge in [-0.15, -0.1) is 35.0 Å². The topological polar surface area (TPSA) is 42.7 Å². The summed E-state index contributed by atoms with van der Waals surface area (Å²) in [6.45, 7) is 4.88. The van der Waals surface area contributed by atoms with Crippen LogP contribution in [0.1, 0.15) is 0 Å². The molecule has 1 aliphatic heterocycles. The molecule has 8 heteroatoms. The standard InChI is InChI=1S/C12H16N4OS.2ClH/c1-2-4-16-11(3-1)13-14-12(16)18-10-7-15-5-8-17-9-6-15;;/h1-4H,5-10H2;2*1H. The van der Waals surface area contributed by atoms with Crippen molar-refractivity contribution >= 4 is 42.2 Å². The second kappa shape index (κ2) is 8.69. The third kappa shape index (κ3) is 4.23. The van der Waals surface area contributed by atoms with Crippen molar-refractivity contribution in [2.75, 3.05) is 38.6 Å². The van der Waals surface area contributed by atoms with Crippen LogP contribution in [0.4, 0.5) is 0 Å². The summed E-state index contributed by atoms with van der Waals surface area (Å²) in [6.07, 6.45) is 2.01. The Morgan fingerprint density at radius 1 is 1.15 bits per heavy atom. The molecule has 0 spiro atoms. The van der Waals surface area contributed by atoms with E-state index in [1.54, 1.807) is 11.8 Å². The van der Waals surface area contributed by atoms with E-state index >= 15 is 0 Å². The van der Waals surface area contributed by atoms with Crippen LogP contribution in [0.25, 0.3) is 5.65 Å². The third-order valence-corrected chi connectivity index (χ3v) is 3.95. The molecule has 0 radical (unpaired) electrons. The van der Waals surface area contributed by atoms with Crippen LogP contribution in [0.5, 0.6) is 0 Å². The first kappa shape index (κ1) is 17.5. The van der Waals surface area contributed by atoms with Gasteiger partial charge in [0.1, 0.15) is 0 Å². The lowest BCUT2D eigenvalue weighted by Crippen LogP contribution is -2.37. The van der Waals surface area contributed by atoms with Gasteiger partial charge < -0.3 is 4.74 Å². The lowest BCUT2D eigenvalue weighted by molar-refractivity contribution is 0.0410. The maximum atomic E-state index is 5.33. The van der Waals surface area contributed by atoms with Crippen molar-refractivity contribution in [1.82, 2.24) is 19.5 Å². The molecular formula is C12H18Cl2N4OS. The molecule has 1 fully saturated rings. The van der Waals surface area contributed by atoms with Gasteiger partial charge in [-0.2, -0.15) is 0 Å². The number of thioether (sulfide) groups is 1. The Hall–Kier alpha value is -0.530. The van der Waals surface area contributed by atoms with E-state index in [-0.39, 0.29) is 24.8 Å². The molecule has 1 aliphatic rings. The van der Waals surface area contributed by atoms with E-state index in [9.17, 15) is 0 Å². The smallest absolute Gasteiger partial charge is 0.195 e. The van der Waals surface area contributed by atoms with E-state index in [1.807, 2.05) is 28.8 Å². The van der Waals surface area contributed by atoms with Crippen LogP contribution in [0.2, 0.25) is 0 Å². The minimum atomic E-state index is 0. The van der Waals surface area contributed by atoms with Gasteiger partial charge in [-0.05, 0) is 12.1 Å². The summed E-state index contributed by atoms with van der Waals surface area (Å²) < 4.78 is 7.37. The lowest BCUT2D eigenvalue weighted by Gasteiger charge is -2.26. The SMILES string of the molecule is Cl.Cl.c1ccn2c(SCCN3CCOCC3)nnc2c1. The average molecular weight is 337 g/mol. The van der Waals surface area contributed by atoms with Crippen molar-refractivity contribution in [2.24, 2.45) is 0 Å². The Bertz CT molecular complexity index is 519. The highest BCUT2D eigenvalue weighted by Crippen LogP contribution is 2.16. The van der Waals surface area contributed by atoms with Gasteiger partial charge in [-0.3, -0.25) is 9.30 Å². The Balaban J connectivity index is 0.000001000. The van der Waals surface area contributed by atoms with E-state index < -0.39 is 0 Å². The first-order valence-corrected chi connectivity index (χ1v) is 7.15. The second-order valence-electron chi connectivity index (χ2n) is 4.21. The predicted molar refractivity (Wildman–Crippen MR) is 85.5 cm³/mol. The minimum absolute atomic E-state index is 0. The summed E-state index contributed by atoms with van der Waals surface area (Å²) >= 11 is 1.76. The lowest BCUT2D eigenvalue weighted by atomic mass is 10.4. The molecule has 0 unspecified atom stereocenters. The van der Waals surface area contributed by atoms with Crippen LogP contribution >= 0.6 is 36.6 Å². The number of halogens is 2. The average Bonchev–Trinajstić information content (AvgIpc) is 2.84. The highest BCUT2D eigenvalue weighted by atomic mass is 35.5. The van der Waals surface area contributed by atoms with Gasteiger partial charge in [-0.25, -0.2) is 0 Å². The van der Waals surface area contributed by atoms with Gasteiger partial charge in [0.25, 0.3) is 0 Å². The molecule has 3 heterocycles. The Morgan fingerprint density at radius 2 is 1.95 bits per heavy atom. The second-order valence-corrected chi connectivity index (χ2v) is 5.28. The van der Waals surface area contributed by atoms with Gasteiger partial charge in [0.05, 0.1) is 13.2 Å². The Morgan fingerprint density at radius 3 is 2.75 bits per heavy atom. The van der Waals surface area contributed by atoms with Crippen LogP contribution in [-0.4, -0.2) is 58.1 Å². The quantitative estimate of drug-likeness (QED) is 0.799. The number of fused-ring (bicyclic) bond motifs is 1. The van der Waals surface area contributed by atoms with E-state index in [0.717, 1.165) is 49.4 Å². The van der Waals surface area contributed by atoms with E-state index in [4.69, 9.17) is 4.74 Å². The molecular weight excluding hydrogens is 319 g/mol. The van der Waals surface area contributed by atoms with Gasteiger partial charge >= 0.3 is 0 Å². The number of rotatable bonds is 4. The van der Waals surface area contributed by atoms with Gasteiger partial charge in [0.2, 0.25) is 0 Å². The number of nitrogens with zero attached hydrogens (tertiary/aromatic N) is 4. The zero-order valence-electron chi connectivity index (χ0n) is 11.0. The van der Waals surface area contributed by atoms with E-state index in [0.29, 0.717) is 0 Å². The van der Waals surface area contributed by atoms with Crippen LogP contribution in [-0.2, 0) is 4.74 Å². The maximum Gasteiger partial charge on any atom is 0.195 e. The first-order valence-electron chi connectivity index (χ1n) is 6.16. The molecule has 112 valence electrons. The fourth-order valence-corrected chi connectivity index (χ4v) is 2.93. The number of aromatic nitrogens is 3. The summed E-state index contributed by atoms with van der Waals surface area (Å²) in [6, 6.07) is 5.95. The maximum absolute atomic E-state index is 5.33. The minimum Gasteiger partial charge on any atom is -0.379 e. The van der Waals surface area contributed by atoms with Crippen molar-refractivity contribution in [3.63, 3.8) is 0 Å². The van der Waals surface area contributed by atoms with Crippen molar-refractivity contribution in [2.45, 2.75) is 5.16 Å². The monoisotopic (exact) mass is 336 g/mol. The predicted octanol–water partition coefficient (Wildman–Crippen LogP) is 2.00. The molecule has 0 bridgehead atoms. The fraction of sp³-hybridized carbons (Fsp3) is 0.500. The molecule has 3 rings (SSSR count). The van der Waals surface area contributed by atoms with Crippen molar-refractivity contribution in [1.29, 1.82) is 0 Å². The fourth-order valence-electron chi connectivity index (χ4n) is 2.01. The summed E-state index contributed by atoms with van der Waals surface area (Å²) in [4.78, 5) is 2.43. The van der Waals surface area contributed by atoms with Crippen LogP contribution < -0.4 is 0 Å². The molecule has 0 amide bonds. The number of hydrogen-bond donors (Lipinski definition) is 0. The van der Waals surface area contributed by atoms with Crippen LogP contribution in [0.15, 0.2) is 29.6 Å². The number of morpholine rings is 1. The highest BCUT2D eigenvalue weighted by Gasteiger charge is 2.11. The zero-order chi connectivity index (χ0) is 12.2. The molecule has 0 N–H and O–H groups in total. The largest absolute Gasteiger partial charge is 0.379 e. The van der Waals surface area contributed by atoms with Crippen molar-refractivity contribution in [3.8, 4) is 0 Å². The zero-order valence-corrected chi connectivity index (χ0v) is 13.4. The highest BCUT2D eigenvalue weighted by molar-refractivity contribution is 7.99. The van der Waals surface area contributed by atoms with Gasteiger partial charge in [0, 0.05) is 31.6 Å². The first-order chi connectivity index (χ1) is 8.93. The van der Waals surface area contributed by atoms with Gasteiger partial charge in [-0.1, -0.05) is 17.8 Å². The number of ether oxygens (including phenoxy) is 1. The molecule has 20 heavy (non-hydrogen) atoms. The molecule has 0 aromatic carbocycles. The summed E-state index contributed by atoms with van der Waals surface area (Å²) in [7, 11) is 0. The summed E-state index contributed by atoms with van der Waals surface area (Å²) in [5, 5.41) is 9.32. The Labute approximate surface area is 134 Å². The summed E-state index contributed by atoms with van der Waals surface area (Å²) in [5.41, 5.74) is 0.909. The van der Waals surface area contributed by atoms with E-state index in [1.165, 1.54) is 0 Å². The molecule has 0 atom stereocenters. The van der Waals surface area contributed by atoms with Crippen molar-refractivity contribution in [3.05, 3.63) is 24.4 Å². The Kier molecular flexibility index (Phi) is 7.61. The van der Waals surface area contributed by atoms with Gasteiger partial charge in [0.15, 0.2) is 10.8 Å². The molecule has 2 aromatic rings. The van der Waals surface area contributed by atoms with Crippen LogP contribution in [0.3, 0.4) is 0 Å². The molecule has 0 saturated carbocycles.